The highest BCUT2D eigenvalue weighted by Gasteiger charge is 2.18. The summed E-state index contributed by atoms with van der Waals surface area (Å²) in [7, 11) is 1.70. The molecule has 0 aliphatic rings. The minimum Gasteiger partial charge on any atom is -0.380 e. The number of aromatic nitrogens is 1. The van der Waals surface area contributed by atoms with Gasteiger partial charge in [-0.25, -0.2) is 4.98 Å². The largest absolute Gasteiger partial charge is 0.380 e. The molecule has 0 spiro atoms. The first kappa shape index (κ1) is 12.1. The molecule has 2 unspecified atom stereocenters. The summed E-state index contributed by atoms with van der Waals surface area (Å²) in [6.07, 6.45) is 0.976. The standard InChI is InChI=1S/C9H15BrN2OS/c1-6(13-2)8(10)9-12-7(3-4-11)5-14-9/h5-6,8H,3-4,11H2,1-2H3. The molecule has 1 rings (SSSR count). The monoisotopic (exact) mass is 278 g/mol. The van der Waals surface area contributed by atoms with E-state index in [-0.39, 0.29) is 10.9 Å². The highest BCUT2D eigenvalue weighted by Crippen LogP contribution is 2.30. The topological polar surface area (TPSA) is 48.1 Å². The van der Waals surface area contributed by atoms with Gasteiger partial charge in [-0.3, -0.25) is 0 Å². The first-order chi connectivity index (χ1) is 6.69. The van der Waals surface area contributed by atoms with Crippen LogP contribution in [0.5, 0.6) is 0 Å². The summed E-state index contributed by atoms with van der Waals surface area (Å²) in [6.45, 7) is 2.67. The maximum Gasteiger partial charge on any atom is 0.109 e. The van der Waals surface area contributed by atoms with Gasteiger partial charge in [-0.2, -0.15) is 0 Å². The number of ether oxygens (including phenoxy) is 1. The molecule has 2 atom stereocenters. The number of methoxy groups -OCH3 is 1. The van der Waals surface area contributed by atoms with Crippen molar-refractivity contribution in [3.63, 3.8) is 0 Å². The second-order valence-electron chi connectivity index (χ2n) is 3.06. The molecule has 2 N–H and O–H groups in total. The summed E-state index contributed by atoms with van der Waals surface area (Å²) in [6, 6.07) is 0. The normalized spacial score (nSPS) is 15.4. The molecular formula is C9H15BrN2OS. The van der Waals surface area contributed by atoms with E-state index in [1.807, 2.05) is 6.92 Å². The average molecular weight is 279 g/mol. The Morgan fingerprint density at radius 1 is 1.71 bits per heavy atom. The lowest BCUT2D eigenvalue weighted by Gasteiger charge is -2.13. The Bertz CT molecular complexity index is 280. The van der Waals surface area contributed by atoms with Crippen LogP contribution in [-0.4, -0.2) is 24.7 Å². The lowest BCUT2D eigenvalue weighted by molar-refractivity contribution is 0.117. The molecule has 0 amide bonds. The predicted octanol–water partition coefficient (Wildman–Crippen LogP) is 2.12. The molecule has 1 aromatic rings. The van der Waals surface area contributed by atoms with Gasteiger partial charge in [0.25, 0.3) is 0 Å². The predicted molar refractivity (Wildman–Crippen MR) is 63.0 cm³/mol. The summed E-state index contributed by atoms with van der Waals surface area (Å²) in [4.78, 5) is 4.65. The maximum absolute atomic E-state index is 5.46. The van der Waals surface area contributed by atoms with Crippen LogP contribution >= 0.6 is 27.3 Å². The van der Waals surface area contributed by atoms with Gasteiger partial charge in [0, 0.05) is 18.9 Å². The number of alkyl halides is 1. The van der Waals surface area contributed by atoms with Gasteiger partial charge in [-0.15, -0.1) is 11.3 Å². The molecule has 0 fully saturated rings. The Labute approximate surface area is 96.8 Å². The molecule has 1 aromatic heterocycles. The number of halogens is 1. The van der Waals surface area contributed by atoms with Crippen molar-refractivity contribution in [3.05, 3.63) is 16.1 Å². The van der Waals surface area contributed by atoms with Gasteiger partial charge in [0.2, 0.25) is 0 Å². The van der Waals surface area contributed by atoms with Gasteiger partial charge >= 0.3 is 0 Å². The lowest BCUT2D eigenvalue weighted by atomic mass is 10.3. The zero-order valence-electron chi connectivity index (χ0n) is 8.37. The molecule has 0 aliphatic heterocycles. The van der Waals surface area contributed by atoms with Crippen molar-refractivity contribution in [2.75, 3.05) is 13.7 Å². The van der Waals surface area contributed by atoms with Gasteiger partial charge < -0.3 is 10.5 Å². The minimum atomic E-state index is 0.131. The fourth-order valence-electron chi connectivity index (χ4n) is 1.03. The number of nitrogens with two attached hydrogens (primary N) is 1. The smallest absolute Gasteiger partial charge is 0.109 e. The van der Waals surface area contributed by atoms with Gasteiger partial charge in [0.05, 0.1) is 16.6 Å². The third kappa shape index (κ3) is 3.02. The highest BCUT2D eigenvalue weighted by molar-refractivity contribution is 9.09. The number of rotatable bonds is 5. The molecule has 0 aromatic carbocycles. The fraction of sp³-hybridized carbons (Fsp3) is 0.667. The van der Waals surface area contributed by atoms with E-state index < -0.39 is 0 Å². The Morgan fingerprint density at radius 2 is 2.43 bits per heavy atom. The molecule has 0 bridgehead atoms. The molecule has 0 radical (unpaired) electrons. The first-order valence-electron chi connectivity index (χ1n) is 4.50. The zero-order chi connectivity index (χ0) is 10.6. The first-order valence-corrected chi connectivity index (χ1v) is 6.29. The average Bonchev–Trinajstić information content (AvgIpc) is 2.64. The highest BCUT2D eigenvalue weighted by atomic mass is 79.9. The molecular weight excluding hydrogens is 264 g/mol. The lowest BCUT2D eigenvalue weighted by Crippen LogP contribution is -2.12. The molecule has 5 heteroatoms. The van der Waals surface area contributed by atoms with Crippen LogP contribution in [0.4, 0.5) is 0 Å². The number of hydrogen-bond donors (Lipinski definition) is 1. The summed E-state index contributed by atoms with van der Waals surface area (Å²) < 4.78 is 5.23. The summed E-state index contributed by atoms with van der Waals surface area (Å²) in [5.41, 5.74) is 6.53. The van der Waals surface area contributed by atoms with Crippen LogP contribution in [0.3, 0.4) is 0 Å². The Morgan fingerprint density at radius 3 is 3.00 bits per heavy atom. The van der Waals surface area contributed by atoms with Crippen LogP contribution in [0.2, 0.25) is 0 Å². The molecule has 80 valence electrons. The molecule has 3 nitrogen and oxygen atoms in total. The van der Waals surface area contributed by atoms with E-state index >= 15 is 0 Å². The van der Waals surface area contributed by atoms with E-state index in [1.165, 1.54) is 0 Å². The third-order valence-electron chi connectivity index (χ3n) is 1.99. The SMILES string of the molecule is COC(C)C(Br)c1nc(CCN)cs1. The van der Waals surface area contributed by atoms with Crippen LogP contribution in [0, 0.1) is 0 Å². The van der Waals surface area contributed by atoms with Crippen LogP contribution in [-0.2, 0) is 11.2 Å². The van der Waals surface area contributed by atoms with Gasteiger partial charge in [0.15, 0.2) is 0 Å². The van der Waals surface area contributed by atoms with Crippen molar-refractivity contribution in [1.29, 1.82) is 0 Å². The molecule has 0 aliphatic carbocycles. The number of hydrogen-bond acceptors (Lipinski definition) is 4. The van der Waals surface area contributed by atoms with Gasteiger partial charge in [-0.05, 0) is 13.5 Å². The summed E-state index contributed by atoms with van der Waals surface area (Å²) in [5, 5.41) is 3.11. The molecule has 1 heterocycles. The fourth-order valence-corrected chi connectivity index (χ4v) is 2.59. The van der Waals surface area contributed by atoms with E-state index in [0.717, 1.165) is 17.1 Å². The Kier molecular flexibility index (Phi) is 5.01. The van der Waals surface area contributed by atoms with Crippen molar-refractivity contribution in [2.45, 2.75) is 24.3 Å². The number of nitrogens with zero attached hydrogens (tertiary/aromatic N) is 1. The molecule has 14 heavy (non-hydrogen) atoms. The van der Waals surface area contributed by atoms with Crippen molar-refractivity contribution < 1.29 is 4.74 Å². The van der Waals surface area contributed by atoms with Gasteiger partial charge in [0.1, 0.15) is 5.01 Å². The molecule has 0 saturated heterocycles. The van der Waals surface area contributed by atoms with Crippen LogP contribution in [0.25, 0.3) is 0 Å². The van der Waals surface area contributed by atoms with Crippen LogP contribution in [0.15, 0.2) is 5.38 Å². The Hall–Kier alpha value is 0.0300. The number of thiazole rings is 1. The Balaban J connectivity index is 2.65. The van der Waals surface area contributed by atoms with Crippen molar-refractivity contribution in [1.82, 2.24) is 4.98 Å². The van der Waals surface area contributed by atoms with Crippen molar-refractivity contribution in [2.24, 2.45) is 5.73 Å². The summed E-state index contributed by atoms with van der Waals surface area (Å²) >= 11 is 5.22. The minimum absolute atomic E-state index is 0.131. The van der Waals surface area contributed by atoms with E-state index in [4.69, 9.17) is 10.5 Å². The molecule has 0 saturated carbocycles. The second-order valence-corrected chi connectivity index (χ2v) is 4.93. The van der Waals surface area contributed by atoms with E-state index in [9.17, 15) is 0 Å². The van der Waals surface area contributed by atoms with Crippen molar-refractivity contribution in [3.8, 4) is 0 Å². The van der Waals surface area contributed by atoms with E-state index in [0.29, 0.717) is 6.54 Å². The quantitative estimate of drug-likeness (QED) is 0.840. The maximum atomic E-state index is 5.46. The van der Waals surface area contributed by atoms with Crippen molar-refractivity contribution >= 4 is 27.3 Å². The van der Waals surface area contributed by atoms with Crippen LogP contribution in [0.1, 0.15) is 22.5 Å². The van der Waals surface area contributed by atoms with Gasteiger partial charge in [-0.1, -0.05) is 15.9 Å². The van der Waals surface area contributed by atoms with Crippen LogP contribution < -0.4 is 5.73 Å². The van der Waals surface area contributed by atoms with E-state index in [1.54, 1.807) is 18.4 Å². The third-order valence-corrected chi connectivity index (χ3v) is 4.45. The second kappa shape index (κ2) is 5.80. The zero-order valence-corrected chi connectivity index (χ0v) is 10.8. The summed E-state index contributed by atoms with van der Waals surface area (Å²) in [5.74, 6) is 0. The van der Waals surface area contributed by atoms with E-state index in [2.05, 4.69) is 26.3 Å².